The Morgan fingerprint density at radius 2 is 1.16 bits per heavy atom. The number of Topliss-reactive ketones (excluding diaryl/α,β-unsaturated/α-hetero) is 1. The molecule has 2 aromatic rings. The first-order chi connectivity index (χ1) is 12.2. The van der Waals surface area contributed by atoms with E-state index >= 15 is 0 Å². The Morgan fingerprint density at radius 3 is 1.56 bits per heavy atom. The Hall–Kier alpha value is -1.62. The highest BCUT2D eigenvalue weighted by atomic mass is 32.2. The monoisotopic (exact) mass is 354 g/mol. The van der Waals surface area contributed by atoms with Gasteiger partial charge in [-0.1, -0.05) is 60.7 Å². The number of thioether (sulfide) groups is 1. The number of carbonyl (C=O) groups excluding carboxylic acids is 1. The Bertz CT molecular complexity index is 672. The predicted octanol–water partition coefficient (Wildman–Crippen LogP) is 3.53. The second-order valence-corrected chi connectivity index (χ2v) is 8.44. The lowest BCUT2D eigenvalue weighted by Gasteiger charge is -2.38. The molecule has 130 valence electrons. The van der Waals surface area contributed by atoms with E-state index in [4.69, 9.17) is 0 Å². The van der Waals surface area contributed by atoms with E-state index in [-0.39, 0.29) is 16.3 Å². The van der Waals surface area contributed by atoms with Crippen molar-refractivity contribution in [1.82, 2.24) is 0 Å². The van der Waals surface area contributed by atoms with Gasteiger partial charge in [0.25, 0.3) is 0 Å². The number of rotatable bonds is 4. The first kappa shape index (κ1) is 16.8. The largest absolute Gasteiger partial charge is 0.388 e. The lowest BCUT2D eigenvalue weighted by atomic mass is 9.80. The minimum atomic E-state index is -0.810. The molecule has 2 aliphatic rings. The van der Waals surface area contributed by atoms with E-state index < -0.39 is 24.0 Å². The van der Waals surface area contributed by atoms with Gasteiger partial charge in [-0.15, -0.1) is 0 Å². The molecule has 0 aliphatic carbocycles. The van der Waals surface area contributed by atoms with E-state index in [9.17, 15) is 15.0 Å². The Balaban J connectivity index is 1.65. The van der Waals surface area contributed by atoms with Crippen LogP contribution in [0.2, 0.25) is 0 Å². The quantitative estimate of drug-likeness (QED) is 0.882. The molecule has 0 unspecified atom stereocenters. The summed E-state index contributed by atoms with van der Waals surface area (Å²) in [7, 11) is 0. The topological polar surface area (TPSA) is 57.5 Å². The van der Waals surface area contributed by atoms with Gasteiger partial charge >= 0.3 is 0 Å². The van der Waals surface area contributed by atoms with Crippen molar-refractivity contribution in [2.45, 2.75) is 35.5 Å². The molecule has 2 aromatic carbocycles. The molecule has 2 heterocycles. The maximum Gasteiger partial charge on any atom is 0.147 e. The van der Waals surface area contributed by atoms with Crippen molar-refractivity contribution in [3.05, 3.63) is 71.8 Å². The summed E-state index contributed by atoms with van der Waals surface area (Å²) in [5.41, 5.74) is 1.56. The van der Waals surface area contributed by atoms with Crippen molar-refractivity contribution in [3.63, 3.8) is 0 Å². The van der Waals surface area contributed by atoms with Gasteiger partial charge in [0.15, 0.2) is 0 Å². The van der Waals surface area contributed by atoms with Gasteiger partial charge in [-0.3, -0.25) is 4.79 Å². The molecule has 4 rings (SSSR count). The zero-order chi connectivity index (χ0) is 17.4. The molecule has 0 amide bonds. The molecule has 6 atom stereocenters. The van der Waals surface area contributed by atoms with Crippen molar-refractivity contribution < 1.29 is 15.0 Å². The van der Waals surface area contributed by atoms with E-state index in [2.05, 4.69) is 0 Å². The number of benzene rings is 2. The number of aliphatic hydroxyl groups is 2. The Morgan fingerprint density at radius 1 is 0.760 bits per heavy atom. The average molecular weight is 354 g/mol. The molecule has 2 saturated heterocycles. The summed E-state index contributed by atoms with van der Waals surface area (Å²) in [4.78, 5) is 13.3. The van der Waals surface area contributed by atoms with Gasteiger partial charge in [0.05, 0.1) is 24.0 Å². The van der Waals surface area contributed by atoms with Crippen LogP contribution in [0.15, 0.2) is 60.7 Å². The van der Waals surface area contributed by atoms with Gasteiger partial charge in [0.1, 0.15) is 5.78 Å². The standard InChI is InChI=1S/C21H22O3S/c22-19(13-7-3-1-4-8-13)17-15-11-12-16(25-15)18(21(17)24)20(23)14-9-5-2-6-10-14/h1-10,15-20,22-23H,11-12H2/t15-,16+,17+,18-,19+,20-. The van der Waals surface area contributed by atoms with Gasteiger partial charge in [-0.2, -0.15) is 11.8 Å². The average Bonchev–Trinajstić information content (AvgIpc) is 3.07. The third kappa shape index (κ3) is 3.03. The summed E-state index contributed by atoms with van der Waals surface area (Å²) in [5.74, 6) is -0.886. The maximum atomic E-state index is 13.3. The number of carbonyl (C=O) groups is 1. The van der Waals surface area contributed by atoms with Crippen LogP contribution < -0.4 is 0 Å². The fourth-order valence-electron chi connectivity index (χ4n) is 4.24. The minimum Gasteiger partial charge on any atom is -0.388 e. The lowest BCUT2D eigenvalue weighted by Crippen LogP contribution is -2.43. The first-order valence-corrected chi connectivity index (χ1v) is 9.76. The van der Waals surface area contributed by atoms with Gasteiger partial charge in [0.2, 0.25) is 0 Å². The molecule has 0 spiro atoms. The summed E-state index contributed by atoms with van der Waals surface area (Å²) in [6.45, 7) is 0. The highest BCUT2D eigenvalue weighted by Gasteiger charge is 2.53. The SMILES string of the molecule is O=C1[C@@H]([C@H](O)c2ccccc2)[C@@H]2CC[C@@H](S2)[C@H]1[C@@H](O)c1ccccc1. The van der Waals surface area contributed by atoms with E-state index in [1.165, 1.54) is 0 Å². The number of aliphatic hydroxyl groups excluding tert-OH is 2. The highest BCUT2D eigenvalue weighted by Crippen LogP contribution is 2.53. The molecule has 2 aliphatic heterocycles. The van der Waals surface area contributed by atoms with Gasteiger partial charge in [-0.25, -0.2) is 0 Å². The highest BCUT2D eigenvalue weighted by molar-refractivity contribution is 8.01. The van der Waals surface area contributed by atoms with Gasteiger partial charge in [0, 0.05) is 10.5 Å². The van der Waals surface area contributed by atoms with Crippen LogP contribution in [0.4, 0.5) is 0 Å². The van der Waals surface area contributed by atoms with Crippen LogP contribution in [0.3, 0.4) is 0 Å². The Kier molecular flexibility index (Phi) is 4.67. The zero-order valence-corrected chi connectivity index (χ0v) is 14.7. The third-order valence-electron chi connectivity index (χ3n) is 5.51. The zero-order valence-electron chi connectivity index (χ0n) is 13.9. The van der Waals surface area contributed by atoms with Crippen LogP contribution in [0.5, 0.6) is 0 Å². The van der Waals surface area contributed by atoms with Gasteiger partial charge < -0.3 is 10.2 Å². The summed E-state index contributed by atoms with van der Waals surface area (Å²) in [6.07, 6.45) is 0.229. The summed E-state index contributed by atoms with van der Waals surface area (Å²) >= 11 is 1.78. The van der Waals surface area contributed by atoms with Gasteiger partial charge in [-0.05, 0) is 24.0 Å². The van der Waals surface area contributed by atoms with Crippen LogP contribution in [-0.2, 0) is 4.79 Å². The molecule has 25 heavy (non-hydrogen) atoms. The second kappa shape index (κ2) is 6.94. The molecule has 4 heteroatoms. The van der Waals surface area contributed by atoms with E-state index in [1.54, 1.807) is 11.8 Å². The molecule has 0 radical (unpaired) electrons. The normalized spacial score (nSPS) is 30.9. The maximum absolute atomic E-state index is 13.3. The molecule has 2 N–H and O–H groups in total. The second-order valence-electron chi connectivity index (χ2n) is 6.96. The fraction of sp³-hybridized carbons (Fsp3) is 0.381. The molecule has 2 fully saturated rings. The smallest absolute Gasteiger partial charge is 0.147 e. The molecule has 3 nitrogen and oxygen atoms in total. The number of hydrogen-bond donors (Lipinski definition) is 2. The number of hydrogen-bond acceptors (Lipinski definition) is 4. The van der Waals surface area contributed by atoms with E-state index in [0.29, 0.717) is 0 Å². The van der Waals surface area contributed by atoms with Crippen molar-refractivity contribution >= 4 is 17.5 Å². The molecule has 2 bridgehead atoms. The van der Waals surface area contributed by atoms with Crippen molar-refractivity contribution in [2.24, 2.45) is 11.8 Å². The van der Waals surface area contributed by atoms with E-state index in [0.717, 1.165) is 24.0 Å². The lowest BCUT2D eigenvalue weighted by molar-refractivity contribution is -0.134. The summed E-state index contributed by atoms with van der Waals surface area (Å²) < 4.78 is 0. The van der Waals surface area contributed by atoms with Crippen LogP contribution in [0.1, 0.15) is 36.2 Å². The fourth-order valence-corrected chi connectivity index (χ4v) is 6.14. The van der Waals surface area contributed by atoms with Crippen LogP contribution in [-0.4, -0.2) is 26.5 Å². The predicted molar refractivity (Wildman–Crippen MR) is 99.2 cm³/mol. The van der Waals surface area contributed by atoms with Crippen LogP contribution >= 0.6 is 11.8 Å². The molecule has 0 saturated carbocycles. The minimum absolute atomic E-state index is 0.0129. The first-order valence-electron chi connectivity index (χ1n) is 8.82. The van der Waals surface area contributed by atoms with Crippen molar-refractivity contribution in [1.29, 1.82) is 0 Å². The Labute approximate surface area is 152 Å². The number of fused-ring (bicyclic) bond motifs is 2. The summed E-state index contributed by atoms with van der Waals surface area (Å²) in [6, 6.07) is 18.8. The van der Waals surface area contributed by atoms with Crippen LogP contribution in [0, 0.1) is 11.8 Å². The molecular formula is C21H22O3S. The van der Waals surface area contributed by atoms with E-state index in [1.807, 2.05) is 60.7 Å². The molecule has 0 aromatic heterocycles. The third-order valence-corrected chi connectivity index (χ3v) is 7.26. The van der Waals surface area contributed by atoms with Crippen molar-refractivity contribution in [3.8, 4) is 0 Å². The van der Waals surface area contributed by atoms with Crippen LogP contribution in [0.25, 0.3) is 0 Å². The summed E-state index contributed by atoms with van der Waals surface area (Å²) in [5, 5.41) is 22.1. The number of ketones is 1. The van der Waals surface area contributed by atoms with Crippen molar-refractivity contribution in [2.75, 3.05) is 0 Å². The molecular weight excluding hydrogens is 332 g/mol.